The molecule has 0 aliphatic rings. The molecule has 132 valence electrons. The Bertz CT molecular complexity index is 937. The molecule has 2 aromatic carbocycles. The highest BCUT2D eigenvalue weighted by molar-refractivity contribution is 7.80. The summed E-state index contributed by atoms with van der Waals surface area (Å²) in [4.78, 5) is 11.4. The molecule has 3 rings (SSSR count). The molecule has 3 aromatic rings. The van der Waals surface area contributed by atoms with Gasteiger partial charge in [0.1, 0.15) is 5.82 Å². The first-order valence-corrected chi connectivity index (χ1v) is 8.36. The molecule has 0 aliphatic carbocycles. The molecule has 1 aromatic heterocycles. The van der Waals surface area contributed by atoms with Crippen LogP contribution in [0.2, 0.25) is 0 Å². The van der Waals surface area contributed by atoms with E-state index >= 15 is 0 Å². The number of benzene rings is 2. The Morgan fingerprint density at radius 2 is 1.88 bits per heavy atom. The highest BCUT2D eigenvalue weighted by Gasteiger charge is 2.05. The van der Waals surface area contributed by atoms with Gasteiger partial charge < -0.3 is 10.6 Å². The van der Waals surface area contributed by atoms with Crippen molar-refractivity contribution >= 4 is 34.5 Å². The number of thiocarbonyl (C=S) groups is 1. The third-order valence-corrected chi connectivity index (χ3v) is 3.88. The number of carbonyl (C=O) groups excluding carboxylic acids is 1. The van der Waals surface area contributed by atoms with Crippen LogP contribution >= 0.6 is 12.2 Å². The van der Waals surface area contributed by atoms with E-state index in [1.165, 1.54) is 19.1 Å². The fraction of sp³-hybridized carbons (Fsp3) is 0.105. The van der Waals surface area contributed by atoms with Crippen molar-refractivity contribution in [1.29, 1.82) is 0 Å². The smallest absolute Gasteiger partial charge is 0.175 e. The van der Waals surface area contributed by atoms with Crippen molar-refractivity contribution in [2.75, 3.05) is 10.6 Å². The van der Waals surface area contributed by atoms with E-state index in [0.29, 0.717) is 17.2 Å². The number of rotatable bonds is 5. The van der Waals surface area contributed by atoms with Gasteiger partial charge in [0, 0.05) is 17.4 Å². The number of aromatic nitrogens is 2. The number of carbonyl (C=O) groups is 1. The summed E-state index contributed by atoms with van der Waals surface area (Å²) in [7, 11) is 0. The van der Waals surface area contributed by atoms with Crippen LogP contribution in [0.1, 0.15) is 22.8 Å². The maximum absolute atomic E-state index is 12.9. The van der Waals surface area contributed by atoms with Gasteiger partial charge in [0.2, 0.25) is 0 Å². The Hall–Kier alpha value is -3.06. The van der Waals surface area contributed by atoms with Crippen LogP contribution in [0, 0.1) is 5.82 Å². The lowest BCUT2D eigenvalue weighted by Gasteiger charge is -2.09. The van der Waals surface area contributed by atoms with Crippen LogP contribution < -0.4 is 10.6 Å². The lowest BCUT2D eigenvalue weighted by atomic mass is 10.1. The number of halogens is 1. The van der Waals surface area contributed by atoms with Gasteiger partial charge in [0.05, 0.1) is 18.4 Å². The minimum Gasteiger partial charge on any atom is -0.332 e. The number of nitrogens with zero attached hydrogens (tertiary/aromatic N) is 2. The molecule has 0 radical (unpaired) electrons. The average molecular weight is 368 g/mol. The molecule has 0 saturated heterocycles. The maximum Gasteiger partial charge on any atom is 0.175 e. The van der Waals surface area contributed by atoms with Gasteiger partial charge >= 0.3 is 0 Å². The third-order valence-electron chi connectivity index (χ3n) is 3.68. The van der Waals surface area contributed by atoms with Crippen molar-refractivity contribution in [2.24, 2.45) is 0 Å². The predicted octanol–water partition coefficient (Wildman–Crippen LogP) is 4.08. The van der Waals surface area contributed by atoms with Gasteiger partial charge in [-0.2, -0.15) is 5.10 Å². The molecule has 0 amide bonds. The molecular weight excluding hydrogens is 351 g/mol. The van der Waals surface area contributed by atoms with Crippen molar-refractivity contribution in [2.45, 2.75) is 13.5 Å². The first kappa shape index (κ1) is 17.8. The highest BCUT2D eigenvalue weighted by atomic mass is 32.1. The largest absolute Gasteiger partial charge is 0.332 e. The molecule has 0 atom stereocenters. The summed E-state index contributed by atoms with van der Waals surface area (Å²) in [5.41, 5.74) is 3.02. The minimum atomic E-state index is -0.262. The zero-order valence-electron chi connectivity index (χ0n) is 14.1. The topological polar surface area (TPSA) is 59.0 Å². The van der Waals surface area contributed by atoms with Gasteiger partial charge in [-0.05, 0) is 49.0 Å². The van der Waals surface area contributed by atoms with E-state index in [1.807, 2.05) is 12.3 Å². The first-order valence-electron chi connectivity index (χ1n) is 7.95. The monoisotopic (exact) mass is 368 g/mol. The van der Waals surface area contributed by atoms with Gasteiger partial charge in [-0.3, -0.25) is 9.48 Å². The molecular formula is C19H17FN4OS. The van der Waals surface area contributed by atoms with Gasteiger partial charge in [0.15, 0.2) is 10.9 Å². The summed E-state index contributed by atoms with van der Waals surface area (Å²) >= 11 is 5.29. The SMILES string of the molecule is CC(=O)c1cccc(NC(=S)Nc2cnn(Cc3ccc(F)cc3)c2)c1. The van der Waals surface area contributed by atoms with Crippen molar-refractivity contribution in [3.8, 4) is 0 Å². The third kappa shape index (κ3) is 4.73. The van der Waals surface area contributed by atoms with Gasteiger partial charge in [-0.25, -0.2) is 4.39 Å². The van der Waals surface area contributed by atoms with Crippen molar-refractivity contribution in [1.82, 2.24) is 9.78 Å². The van der Waals surface area contributed by atoms with Crippen LogP contribution in [0.5, 0.6) is 0 Å². The molecule has 0 aliphatic heterocycles. The van der Waals surface area contributed by atoms with E-state index in [4.69, 9.17) is 12.2 Å². The number of anilines is 2. The number of Topliss-reactive ketones (excluding diaryl/α,β-unsaturated/α-hetero) is 1. The van der Waals surface area contributed by atoms with Gasteiger partial charge in [0.25, 0.3) is 0 Å². The number of hydrogen-bond acceptors (Lipinski definition) is 3. The molecule has 7 heteroatoms. The summed E-state index contributed by atoms with van der Waals surface area (Å²) < 4.78 is 14.7. The molecule has 0 unspecified atom stereocenters. The summed E-state index contributed by atoms with van der Waals surface area (Å²) in [5.74, 6) is -0.267. The van der Waals surface area contributed by atoms with Crippen LogP contribution in [0.15, 0.2) is 60.9 Å². The van der Waals surface area contributed by atoms with Crippen molar-refractivity contribution in [3.05, 3.63) is 77.9 Å². The van der Waals surface area contributed by atoms with Crippen molar-refractivity contribution < 1.29 is 9.18 Å². The van der Waals surface area contributed by atoms with Crippen LogP contribution in [-0.4, -0.2) is 20.7 Å². The Kier molecular flexibility index (Phi) is 5.38. The molecule has 5 nitrogen and oxygen atoms in total. The van der Waals surface area contributed by atoms with Crippen LogP contribution in [0.25, 0.3) is 0 Å². The molecule has 0 bridgehead atoms. The maximum atomic E-state index is 12.9. The summed E-state index contributed by atoms with van der Waals surface area (Å²) in [6, 6.07) is 13.4. The van der Waals surface area contributed by atoms with Crippen LogP contribution in [0.3, 0.4) is 0 Å². The highest BCUT2D eigenvalue weighted by Crippen LogP contribution is 2.13. The molecule has 2 N–H and O–H groups in total. The zero-order valence-corrected chi connectivity index (χ0v) is 14.9. The van der Waals surface area contributed by atoms with Crippen LogP contribution in [-0.2, 0) is 6.54 Å². The van der Waals surface area contributed by atoms with Gasteiger partial charge in [-0.15, -0.1) is 0 Å². The molecule has 0 saturated carbocycles. The molecule has 0 fully saturated rings. The first-order chi connectivity index (χ1) is 12.5. The lowest BCUT2D eigenvalue weighted by molar-refractivity contribution is 0.101. The van der Waals surface area contributed by atoms with Crippen LogP contribution in [0.4, 0.5) is 15.8 Å². The Morgan fingerprint density at radius 3 is 2.62 bits per heavy atom. The van der Waals surface area contributed by atoms with E-state index in [-0.39, 0.29) is 11.6 Å². The number of ketones is 1. The summed E-state index contributed by atoms with van der Waals surface area (Å²) in [6.07, 6.45) is 3.47. The number of nitrogens with one attached hydrogen (secondary N) is 2. The quantitative estimate of drug-likeness (QED) is 0.525. The van der Waals surface area contributed by atoms with E-state index in [1.54, 1.807) is 41.2 Å². The predicted molar refractivity (Wildman–Crippen MR) is 104 cm³/mol. The Morgan fingerprint density at radius 1 is 1.15 bits per heavy atom. The second-order valence-corrected chi connectivity index (χ2v) is 6.18. The van der Waals surface area contributed by atoms with Gasteiger partial charge in [-0.1, -0.05) is 24.3 Å². The van der Waals surface area contributed by atoms with Crippen molar-refractivity contribution in [3.63, 3.8) is 0 Å². The molecule has 0 spiro atoms. The van der Waals surface area contributed by atoms with E-state index in [2.05, 4.69) is 15.7 Å². The summed E-state index contributed by atoms with van der Waals surface area (Å²) in [6.45, 7) is 2.05. The average Bonchev–Trinajstić information content (AvgIpc) is 3.04. The number of hydrogen-bond donors (Lipinski definition) is 2. The normalized spacial score (nSPS) is 10.4. The Balaban J connectivity index is 1.60. The van der Waals surface area contributed by atoms with E-state index < -0.39 is 0 Å². The standard InChI is InChI=1S/C19H17FN4OS/c1-13(25)15-3-2-4-17(9-15)22-19(26)23-18-10-21-24(12-18)11-14-5-7-16(20)8-6-14/h2-10,12H,11H2,1H3,(H2,22,23,26). The summed E-state index contributed by atoms with van der Waals surface area (Å²) in [5, 5.41) is 10.7. The zero-order chi connectivity index (χ0) is 18.5. The molecule has 1 heterocycles. The van der Waals surface area contributed by atoms with E-state index in [0.717, 1.165) is 16.9 Å². The lowest BCUT2D eigenvalue weighted by Crippen LogP contribution is -2.19. The fourth-order valence-electron chi connectivity index (χ4n) is 2.40. The Labute approximate surface area is 155 Å². The minimum absolute atomic E-state index is 0.00500. The molecule has 26 heavy (non-hydrogen) atoms. The van der Waals surface area contributed by atoms with E-state index in [9.17, 15) is 9.18 Å². The second-order valence-electron chi connectivity index (χ2n) is 5.77. The fourth-order valence-corrected chi connectivity index (χ4v) is 2.64. The second kappa shape index (κ2) is 7.88.